The molecule has 0 amide bonds. The summed E-state index contributed by atoms with van der Waals surface area (Å²) < 4.78 is 4.34. The van der Waals surface area contributed by atoms with Crippen LogP contribution in [0.1, 0.15) is 34.4 Å². The van der Waals surface area contributed by atoms with Gasteiger partial charge in [0.1, 0.15) is 11.6 Å². The van der Waals surface area contributed by atoms with Crippen molar-refractivity contribution in [2.45, 2.75) is 12.8 Å². The van der Waals surface area contributed by atoms with Gasteiger partial charge in [-0.05, 0) is 114 Å². The monoisotopic (exact) mass is 635 g/mol. The number of nitriles is 3. The number of nitrogens with zero attached hydrogens (tertiary/aromatic N) is 5. The molecule has 6 aromatic carbocycles. The largest absolute Gasteiger partial charge is 0.309 e. The van der Waals surface area contributed by atoms with Gasteiger partial charge in [0.2, 0.25) is 0 Å². The quantitative estimate of drug-likeness (QED) is 0.193. The van der Waals surface area contributed by atoms with Crippen LogP contribution in [0.5, 0.6) is 0 Å². The van der Waals surface area contributed by atoms with Crippen molar-refractivity contribution in [3.8, 4) is 51.8 Å². The van der Waals surface area contributed by atoms with Crippen LogP contribution in [0.25, 0.3) is 72.4 Å². The zero-order valence-corrected chi connectivity index (χ0v) is 26.8. The Morgan fingerprint density at radius 3 is 2.28 bits per heavy atom. The Morgan fingerprint density at radius 2 is 1.40 bits per heavy atom. The van der Waals surface area contributed by atoms with Crippen molar-refractivity contribution in [3.05, 3.63) is 161 Å². The lowest BCUT2D eigenvalue weighted by Gasteiger charge is -2.17. The van der Waals surface area contributed by atoms with Gasteiger partial charge in [0, 0.05) is 27.4 Å². The summed E-state index contributed by atoms with van der Waals surface area (Å²) in [6, 6.07) is 51.6. The highest BCUT2D eigenvalue weighted by Gasteiger charge is 2.22. The average molecular weight is 636 g/mol. The highest BCUT2D eigenvalue weighted by molar-refractivity contribution is 6.09. The zero-order valence-electron chi connectivity index (χ0n) is 26.8. The van der Waals surface area contributed by atoms with Gasteiger partial charge in [0.25, 0.3) is 0 Å². The molecule has 0 radical (unpaired) electrons. The Labute approximate surface area is 289 Å². The maximum Gasteiger partial charge on any atom is 0.105 e. The third-order valence-corrected chi connectivity index (χ3v) is 9.75. The molecule has 5 heteroatoms. The van der Waals surface area contributed by atoms with Crippen molar-refractivity contribution in [2.24, 2.45) is 0 Å². The second-order valence-electron chi connectivity index (χ2n) is 12.5. The molecule has 0 unspecified atom stereocenters. The first-order valence-electron chi connectivity index (χ1n) is 16.4. The van der Waals surface area contributed by atoms with E-state index in [2.05, 4.69) is 94.1 Å². The van der Waals surface area contributed by atoms with Crippen molar-refractivity contribution in [3.63, 3.8) is 0 Å². The van der Waals surface area contributed by atoms with E-state index in [1.165, 1.54) is 5.56 Å². The molecule has 9 rings (SSSR count). The van der Waals surface area contributed by atoms with Crippen molar-refractivity contribution in [1.82, 2.24) is 9.13 Å². The minimum Gasteiger partial charge on any atom is -0.309 e. The lowest BCUT2D eigenvalue weighted by atomic mass is 9.96. The predicted molar refractivity (Wildman–Crippen MR) is 198 cm³/mol. The Hall–Kier alpha value is -7.31. The number of aryl methyl sites for hydroxylation is 1. The number of aromatic nitrogens is 2. The molecule has 0 aliphatic heterocycles. The molecule has 0 N–H and O–H groups in total. The number of para-hydroxylation sites is 1. The van der Waals surface area contributed by atoms with Gasteiger partial charge in [0.15, 0.2) is 0 Å². The number of allylic oxidation sites excluding steroid dienone is 1. The summed E-state index contributed by atoms with van der Waals surface area (Å²) in [4.78, 5) is 0. The molecule has 230 valence electrons. The molecule has 0 saturated heterocycles. The number of benzene rings is 5. The topological polar surface area (TPSA) is 81.2 Å². The first kappa shape index (κ1) is 28.9. The number of rotatable bonds is 4. The maximum atomic E-state index is 10.2. The van der Waals surface area contributed by atoms with Gasteiger partial charge < -0.3 is 9.13 Å². The molecule has 0 spiro atoms. The van der Waals surface area contributed by atoms with Crippen LogP contribution in [0.4, 0.5) is 0 Å². The molecule has 5 nitrogen and oxygen atoms in total. The molecule has 0 saturated carbocycles. The Kier molecular flexibility index (Phi) is 6.60. The number of hydrogen-bond donors (Lipinski definition) is 0. The van der Waals surface area contributed by atoms with E-state index in [9.17, 15) is 15.8 Å². The second kappa shape index (κ2) is 11.4. The van der Waals surface area contributed by atoms with E-state index in [4.69, 9.17) is 0 Å². The summed E-state index contributed by atoms with van der Waals surface area (Å²) in [6.45, 7) is 0. The molecule has 0 bridgehead atoms. The van der Waals surface area contributed by atoms with Gasteiger partial charge in [-0.15, -0.1) is 0 Å². The fraction of sp³-hybridized carbons (Fsp3) is 0.0444. The van der Waals surface area contributed by atoms with E-state index >= 15 is 0 Å². The van der Waals surface area contributed by atoms with Crippen LogP contribution in [0.3, 0.4) is 0 Å². The molecule has 0 fully saturated rings. The number of hydrogen-bond acceptors (Lipinski definition) is 3. The summed E-state index contributed by atoms with van der Waals surface area (Å²) in [5.74, 6) is 0. The molecule has 8 aromatic rings. The normalized spacial score (nSPS) is 11.9. The molecular weight excluding hydrogens is 611 g/mol. The van der Waals surface area contributed by atoms with Crippen molar-refractivity contribution < 1.29 is 0 Å². The Bertz CT molecular complexity index is 2810. The van der Waals surface area contributed by atoms with Crippen LogP contribution in [0.2, 0.25) is 0 Å². The van der Waals surface area contributed by atoms with E-state index in [1.54, 1.807) is 0 Å². The van der Waals surface area contributed by atoms with Gasteiger partial charge in [-0.25, -0.2) is 0 Å². The maximum absolute atomic E-state index is 10.2. The van der Waals surface area contributed by atoms with Gasteiger partial charge in [0.05, 0.1) is 51.2 Å². The van der Waals surface area contributed by atoms with Crippen LogP contribution in [0, 0.1) is 46.1 Å². The SMILES string of the molecule is N#Cc1ccc(-c2cccc(-c3ccc(C#N)c(-n4c5c#cccc5c5ccccc54)c3)c2)c(-n2c3c(c4cc(C#N)ccc42)CCC=C3)c1. The smallest absolute Gasteiger partial charge is 0.105 e. The van der Waals surface area contributed by atoms with Crippen LogP contribution in [-0.2, 0) is 6.42 Å². The van der Waals surface area contributed by atoms with Gasteiger partial charge in [-0.1, -0.05) is 60.7 Å². The lowest BCUT2D eigenvalue weighted by Crippen LogP contribution is -2.03. The summed E-state index contributed by atoms with van der Waals surface area (Å²) in [5, 5.41) is 33.1. The van der Waals surface area contributed by atoms with E-state index in [-0.39, 0.29) is 0 Å². The average Bonchev–Trinajstić information content (AvgIpc) is 3.70. The van der Waals surface area contributed by atoms with E-state index in [1.807, 2.05) is 72.8 Å². The van der Waals surface area contributed by atoms with E-state index < -0.39 is 0 Å². The third kappa shape index (κ3) is 4.40. The molecular formula is C45H25N5. The van der Waals surface area contributed by atoms with Crippen LogP contribution >= 0.6 is 0 Å². The first-order valence-corrected chi connectivity index (χ1v) is 16.4. The second-order valence-corrected chi connectivity index (χ2v) is 12.5. The lowest BCUT2D eigenvalue weighted by molar-refractivity contribution is 0.968. The van der Waals surface area contributed by atoms with Crippen LogP contribution in [0.15, 0.2) is 121 Å². The minimum absolute atomic E-state index is 0.566. The Balaban J connectivity index is 1.24. The zero-order chi connectivity index (χ0) is 33.8. The standard InChI is InChI=1S/C45H25N5/c46-26-29-17-21-43-39(22-29)38-12-3-6-15-42(38)50(43)45-23-30(27-47)16-20-35(45)33-9-7-8-31(24-33)32-18-19-34(28-48)44(25-32)49-40-13-4-1-10-36(40)37-11-2-5-14-41(37)49/h1-2,4,6-11,13,15-25H,3,12H2. The van der Waals surface area contributed by atoms with Crippen LogP contribution < -0.4 is 0 Å². The molecule has 2 heterocycles. The van der Waals surface area contributed by atoms with Crippen molar-refractivity contribution >= 4 is 38.8 Å². The van der Waals surface area contributed by atoms with Gasteiger partial charge >= 0.3 is 0 Å². The molecule has 1 aliphatic carbocycles. The van der Waals surface area contributed by atoms with Crippen LogP contribution in [-0.4, -0.2) is 9.13 Å². The summed E-state index contributed by atoms with van der Waals surface area (Å²) in [7, 11) is 0. The van der Waals surface area contributed by atoms with Gasteiger partial charge in [-0.2, -0.15) is 15.8 Å². The Morgan fingerprint density at radius 1 is 0.600 bits per heavy atom. The predicted octanol–water partition coefficient (Wildman–Crippen LogP) is 10.2. The summed E-state index contributed by atoms with van der Waals surface area (Å²) >= 11 is 0. The summed E-state index contributed by atoms with van der Waals surface area (Å²) in [5.41, 5.74) is 12.6. The third-order valence-electron chi connectivity index (χ3n) is 9.75. The fourth-order valence-corrected chi connectivity index (χ4v) is 7.49. The molecule has 1 aliphatic rings. The van der Waals surface area contributed by atoms with Gasteiger partial charge in [-0.3, -0.25) is 0 Å². The number of fused-ring (bicyclic) bond motifs is 6. The summed E-state index contributed by atoms with van der Waals surface area (Å²) in [6.07, 6.45) is 6.17. The highest BCUT2D eigenvalue weighted by Crippen LogP contribution is 2.40. The van der Waals surface area contributed by atoms with E-state index in [0.717, 1.165) is 84.9 Å². The first-order chi connectivity index (χ1) is 24.7. The fourth-order valence-electron chi connectivity index (χ4n) is 7.49. The minimum atomic E-state index is 0.566. The van der Waals surface area contributed by atoms with Crippen molar-refractivity contribution in [2.75, 3.05) is 0 Å². The van der Waals surface area contributed by atoms with Crippen molar-refractivity contribution in [1.29, 1.82) is 15.8 Å². The molecule has 50 heavy (non-hydrogen) atoms. The molecule has 0 atom stereocenters. The van der Waals surface area contributed by atoms with E-state index in [0.29, 0.717) is 16.7 Å². The molecule has 2 aromatic heterocycles. The highest BCUT2D eigenvalue weighted by atomic mass is 15.0.